The van der Waals surface area contributed by atoms with Gasteiger partial charge in [-0.05, 0) is 52.9 Å². The van der Waals surface area contributed by atoms with Gasteiger partial charge in [0.2, 0.25) is 12.7 Å². The quantitative estimate of drug-likeness (QED) is 0.208. The smallest absolute Gasteiger partial charge is 0.359 e. The number of fused-ring (bicyclic) bond motifs is 1. The summed E-state index contributed by atoms with van der Waals surface area (Å²) >= 11 is 0. The normalized spacial score (nSPS) is 20.7. The average Bonchev–Trinajstić information content (AvgIpc) is 3.12. The molecule has 3 rings (SSSR count). The van der Waals surface area contributed by atoms with Gasteiger partial charge in [-0.15, -0.1) is 0 Å². The van der Waals surface area contributed by atoms with Gasteiger partial charge in [-0.3, -0.25) is 18.7 Å². The second-order valence-corrected chi connectivity index (χ2v) is 13.9. The molecular weight excluding hydrogens is 517 g/mol. The highest BCUT2D eigenvalue weighted by Crippen LogP contribution is 2.62. The van der Waals surface area contributed by atoms with Crippen LogP contribution >= 0.6 is 7.60 Å². The first-order valence-corrected chi connectivity index (χ1v) is 14.0. The Labute approximate surface area is 221 Å². The number of anilines is 1. The van der Waals surface area contributed by atoms with Crippen LogP contribution in [0.2, 0.25) is 0 Å². The fourth-order valence-electron chi connectivity index (χ4n) is 3.73. The van der Waals surface area contributed by atoms with Gasteiger partial charge in [0.1, 0.15) is 11.9 Å². The topological polar surface area (TPSA) is 178 Å². The predicted molar refractivity (Wildman–Crippen MR) is 138 cm³/mol. The molecule has 1 fully saturated rings. The Hall–Kier alpha value is -2.60. The molecule has 14 heteroatoms. The number of ether oxygens (including phenoxy) is 2. The largest absolute Gasteiger partial charge is 0.481 e. The lowest BCUT2D eigenvalue weighted by Gasteiger charge is -2.27. The highest BCUT2D eigenvalue weighted by molar-refractivity contribution is 7.53. The number of hydrogen-bond acceptors (Lipinski definition) is 11. The number of carboxylic acid groups (broad SMARTS) is 1. The van der Waals surface area contributed by atoms with E-state index >= 15 is 0 Å². The number of carbonyl (C=O) groups excluding carboxylic acids is 1. The minimum atomic E-state index is -3.97. The van der Waals surface area contributed by atoms with Crippen LogP contribution in [0.5, 0.6) is 0 Å². The highest BCUT2D eigenvalue weighted by atomic mass is 31.2. The lowest BCUT2D eigenvalue weighted by atomic mass is 9.90. The molecule has 3 N–H and O–H groups in total. The number of imidazole rings is 1. The zero-order valence-corrected chi connectivity index (χ0v) is 23.9. The predicted octanol–water partition coefficient (Wildman–Crippen LogP) is 3.83. The third kappa shape index (κ3) is 6.88. The number of nitrogens with zero attached hydrogens (tertiary/aromatic N) is 4. The van der Waals surface area contributed by atoms with Crippen molar-refractivity contribution in [1.29, 1.82) is 0 Å². The van der Waals surface area contributed by atoms with E-state index in [9.17, 15) is 19.3 Å². The van der Waals surface area contributed by atoms with Crippen LogP contribution in [0.15, 0.2) is 12.5 Å². The maximum absolute atomic E-state index is 13.7. The Bertz CT molecular complexity index is 1240. The fourth-order valence-corrected chi connectivity index (χ4v) is 4.94. The Morgan fingerprint density at radius 1 is 1.18 bits per heavy atom. The first kappa shape index (κ1) is 29.9. The zero-order valence-electron chi connectivity index (χ0n) is 23.0. The summed E-state index contributed by atoms with van der Waals surface area (Å²) in [6.45, 7) is 11.7. The molecule has 0 aromatic carbocycles. The molecule has 212 valence electrons. The van der Waals surface area contributed by atoms with E-state index in [-0.39, 0.29) is 24.4 Å². The third-order valence-corrected chi connectivity index (χ3v) is 8.30. The molecule has 1 aliphatic carbocycles. The number of hydrogen-bond donors (Lipinski definition) is 2. The second-order valence-electron chi connectivity index (χ2n) is 11.9. The Morgan fingerprint density at radius 3 is 2.42 bits per heavy atom. The first-order chi connectivity index (χ1) is 17.4. The van der Waals surface area contributed by atoms with Crippen molar-refractivity contribution in [1.82, 2.24) is 19.5 Å². The summed E-state index contributed by atoms with van der Waals surface area (Å²) in [7, 11) is -3.97. The maximum Gasteiger partial charge on any atom is 0.359 e. The monoisotopic (exact) mass is 555 g/mol. The summed E-state index contributed by atoms with van der Waals surface area (Å²) in [6, 6.07) is 0. The van der Waals surface area contributed by atoms with Gasteiger partial charge in [0.25, 0.3) is 0 Å². The van der Waals surface area contributed by atoms with Crippen molar-refractivity contribution in [3.8, 4) is 0 Å². The van der Waals surface area contributed by atoms with Gasteiger partial charge < -0.3 is 29.4 Å². The molecule has 0 radical (unpaired) electrons. The van der Waals surface area contributed by atoms with Gasteiger partial charge in [-0.25, -0.2) is 9.97 Å². The minimum absolute atomic E-state index is 0.0796. The van der Waals surface area contributed by atoms with Crippen LogP contribution in [-0.2, 0) is 39.2 Å². The Kier molecular flexibility index (Phi) is 8.29. The molecule has 0 spiro atoms. The molecule has 0 bridgehead atoms. The van der Waals surface area contributed by atoms with Crippen LogP contribution in [0.25, 0.3) is 11.2 Å². The van der Waals surface area contributed by atoms with Gasteiger partial charge in [0.15, 0.2) is 5.65 Å². The van der Waals surface area contributed by atoms with Gasteiger partial charge in [0, 0.05) is 0 Å². The van der Waals surface area contributed by atoms with Gasteiger partial charge in [-0.1, -0.05) is 13.8 Å². The SMILES string of the molecule is CC(C)(C)C(=O)OCOP(=O)(COC1(Cn2cnc3cnc(N)nc32)CC1(C)C)OCCC(C)(C)C(=O)O. The maximum atomic E-state index is 13.7. The van der Waals surface area contributed by atoms with E-state index < -0.39 is 49.1 Å². The molecule has 2 heterocycles. The molecule has 2 unspecified atom stereocenters. The van der Waals surface area contributed by atoms with Crippen LogP contribution < -0.4 is 5.73 Å². The standard InChI is InChI=1S/C24H38N5O8P/c1-21(2,3)19(32)34-14-37-38(33,36-9-8-22(4,5)18(30)31)15-35-24(11-23(24,6)7)12-29-13-27-16-10-26-20(25)28-17(16)29/h10,13H,8-9,11-12,14-15H2,1-7H3,(H,30,31)(H2,25,26,28). The number of esters is 1. The van der Waals surface area contributed by atoms with Crippen LogP contribution in [0.4, 0.5) is 5.95 Å². The molecule has 13 nitrogen and oxygen atoms in total. The number of aliphatic carboxylic acids is 1. The zero-order chi connectivity index (χ0) is 28.6. The Balaban J connectivity index is 1.74. The molecule has 1 aliphatic rings. The summed E-state index contributed by atoms with van der Waals surface area (Å²) in [5.74, 6) is -1.43. The number of nitrogen functional groups attached to an aromatic ring is 1. The number of carboxylic acids is 1. The summed E-state index contributed by atoms with van der Waals surface area (Å²) in [4.78, 5) is 36.1. The molecule has 2 aromatic rings. The fraction of sp³-hybridized carbons (Fsp3) is 0.708. The van der Waals surface area contributed by atoms with E-state index in [1.165, 1.54) is 6.20 Å². The minimum Gasteiger partial charge on any atom is -0.481 e. The van der Waals surface area contributed by atoms with Crippen molar-refractivity contribution in [2.24, 2.45) is 16.2 Å². The number of rotatable bonds is 13. The van der Waals surface area contributed by atoms with Crippen molar-refractivity contribution in [3.63, 3.8) is 0 Å². The van der Waals surface area contributed by atoms with E-state index in [4.69, 9.17) is 24.3 Å². The van der Waals surface area contributed by atoms with E-state index in [2.05, 4.69) is 15.0 Å². The average molecular weight is 556 g/mol. The number of aromatic nitrogens is 4. The molecule has 38 heavy (non-hydrogen) atoms. The molecule has 2 aromatic heterocycles. The summed E-state index contributed by atoms with van der Waals surface area (Å²) in [5, 5.41) is 9.38. The van der Waals surface area contributed by atoms with Crippen molar-refractivity contribution < 1.29 is 37.8 Å². The second kappa shape index (κ2) is 10.5. The van der Waals surface area contributed by atoms with Gasteiger partial charge >= 0.3 is 19.5 Å². The number of carbonyl (C=O) groups is 2. The number of nitrogens with two attached hydrogens (primary N) is 1. The van der Waals surface area contributed by atoms with Crippen molar-refractivity contribution in [3.05, 3.63) is 12.5 Å². The molecule has 0 saturated heterocycles. The van der Waals surface area contributed by atoms with Gasteiger partial charge in [-0.2, -0.15) is 4.98 Å². The van der Waals surface area contributed by atoms with Crippen LogP contribution in [-0.4, -0.2) is 61.9 Å². The third-order valence-electron chi connectivity index (χ3n) is 6.78. The Morgan fingerprint density at radius 2 is 1.84 bits per heavy atom. The van der Waals surface area contributed by atoms with Crippen LogP contribution in [0.3, 0.4) is 0 Å². The van der Waals surface area contributed by atoms with Crippen molar-refractivity contribution in [2.75, 3.05) is 25.5 Å². The van der Waals surface area contributed by atoms with E-state index in [1.54, 1.807) is 45.5 Å². The lowest BCUT2D eigenvalue weighted by Crippen LogP contribution is -2.29. The summed E-state index contributed by atoms with van der Waals surface area (Å²) in [5.41, 5.74) is 3.97. The van der Waals surface area contributed by atoms with Crippen molar-refractivity contribution in [2.45, 2.75) is 73.5 Å². The van der Waals surface area contributed by atoms with E-state index in [1.807, 2.05) is 13.8 Å². The van der Waals surface area contributed by atoms with E-state index in [0.717, 1.165) is 0 Å². The molecule has 0 amide bonds. The summed E-state index contributed by atoms with van der Waals surface area (Å²) in [6.07, 6.45) is 3.44. The van der Waals surface area contributed by atoms with Gasteiger partial charge in [0.05, 0.1) is 42.1 Å². The lowest BCUT2D eigenvalue weighted by molar-refractivity contribution is -0.160. The molecule has 2 atom stereocenters. The molecule has 0 aliphatic heterocycles. The van der Waals surface area contributed by atoms with Crippen LogP contribution in [0.1, 0.15) is 61.3 Å². The summed E-state index contributed by atoms with van der Waals surface area (Å²) < 4.78 is 37.9. The van der Waals surface area contributed by atoms with E-state index in [0.29, 0.717) is 24.1 Å². The molecule has 1 saturated carbocycles. The first-order valence-electron chi connectivity index (χ1n) is 12.3. The van der Waals surface area contributed by atoms with Crippen LogP contribution in [0, 0.1) is 16.2 Å². The highest BCUT2D eigenvalue weighted by Gasteiger charge is 2.63. The van der Waals surface area contributed by atoms with Crippen molar-refractivity contribution >= 4 is 36.6 Å². The molecular formula is C24H38N5O8P.